The smallest absolute Gasteiger partial charge is 0.123 e. The van der Waals surface area contributed by atoms with Gasteiger partial charge in [-0.2, -0.15) is 0 Å². The van der Waals surface area contributed by atoms with Crippen LogP contribution in [0.15, 0.2) is 70.4 Å². The lowest BCUT2D eigenvalue weighted by Crippen LogP contribution is -2.16. The molecular formula is C33H52O. The Kier molecular flexibility index (Phi) is 15.5. The molecule has 190 valence electrons. The molecule has 0 N–H and O–H groups in total. The Morgan fingerprint density at radius 2 is 1.38 bits per heavy atom. The maximum atomic E-state index is 11.6. The van der Waals surface area contributed by atoms with Gasteiger partial charge in [0.25, 0.3) is 0 Å². The summed E-state index contributed by atoms with van der Waals surface area (Å²) in [6.45, 7) is 17.5. The van der Waals surface area contributed by atoms with Crippen molar-refractivity contribution in [2.24, 2.45) is 11.8 Å². The summed E-state index contributed by atoms with van der Waals surface area (Å²) in [7, 11) is 0. The van der Waals surface area contributed by atoms with Crippen LogP contribution in [0.1, 0.15) is 119 Å². The number of hydrogen-bond acceptors (Lipinski definition) is 1. The third kappa shape index (κ3) is 15.1. The number of rotatable bonds is 16. The van der Waals surface area contributed by atoms with Gasteiger partial charge < -0.3 is 4.79 Å². The van der Waals surface area contributed by atoms with Gasteiger partial charge in [0.1, 0.15) is 6.29 Å². The van der Waals surface area contributed by atoms with Crippen molar-refractivity contribution in [3.05, 3.63) is 70.4 Å². The fourth-order valence-corrected chi connectivity index (χ4v) is 4.69. The standard InChI is InChI=1S/C33H52O/c1-26(2)12-8-14-28(5)16-10-17-30(7)20-21-32-22-31(23-33(24-32)25-34)19-11-18-29(6)15-9-13-27(3)4/h12-13,16,18,22,25,32-33H,7-11,14-15,17,19-21,23-24H2,1-6H3/b28-16+,29-18+/t32-,33-/m1/s1. The highest BCUT2D eigenvalue weighted by atomic mass is 16.1. The molecule has 0 aromatic carbocycles. The fourth-order valence-electron chi connectivity index (χ4n) is 4.69. The van der Waals surface area contributed by atoms with Crippen molar-refractivity contribution in [3.8, 4) is 0 Å². The van der Waals surface area contributed by atoms with E-state index < -0.39 is 0 Å². The Morgan fingerprint density at radius 1 is 0.824 bits per heavy atom. The molecule has 1 aliphatic carbocycles. The van der Waals surface area contributed by atoms with Gasteiger partial charge in [-0.25, -0.2) is 0 Å². The number of carbonyl (C=O) groups excluding carboxylic acids is 1. The molecule has 0 fully saturated rings. The normalized spacial score (nSPS) is 18.8. The lowest BCUT2D eigenvalue weighted by Gasteiger charge is -2.26. The van der Waals surface area contributed by atoms with Gasteiger partial charge in [-0.3, -0.25) is 0 Å². The van der Waals surface area contributed by atoms with E-state index in [2.05, 4.69) is 78.5 Å². The Labute approximate surface area is 211 Å². The van der Waals surface area contributed by atoms with E-state index in [0.29, 0.717) is 5.92 Å². The van der Waals surface area contributed by atoms with E-state index in [4.69, 9.17) is 0 Å². The maximum absolute atomic E-state index is 11.6. The first-order chi connectivity index (χ1) is 16.2. The summed E-state index contributed by atoms with van der Waals surface area (Å²) < 4.78 is 0. The molecule has 34 heavy (non-hydrogen) atoms. The van der Waals surface area contributed by atoms with Crippen molar-refractivity contribution in [2.75, 3.05) is 0 Å². The molecule has 0 amide bonds. The molecule has 2 atom stereocenters. The Balaban J connectivity index is 2.45. The van der Waals surface area contributed by atoms with Crippen molar-refractivity contribution < 1.29 is 4.79 Å². The maximum Gasteiger partial charge on any atom is 0.123 e. The Morgan fingerprint density at radius 3 is 1.94 bits per heavy atom. The second-order valence-corrected chi connectivity index (χ2v) is 11.0. The summed E-state index contributed by atoms with van der Waals surface area (Å²) in [6, 6.07) is 0. The largest absolute Gasteiger partial charge is 0.303 e. The van der Waals surface area contributed by atoms with Gasteiger partial charge in [0.2, 0.25) is 0 Å². The molecule has 0 saturated heterocycles. The average molecular weight is 465 g/mol. The van der Waals surface area contributed by atoms with Crippen LogP contribution in [0.4, 0.5) is 0 Å². The van der Waals surface area contributed by atoms with Crippen LogP contribution in [0.5, 0.6) is 0 Å². The molecule has 0 bridgehead atoms. The molecule has 0 radical (unpaired) electrons. The summed E-state index contributed by atoms with van der Waals surface area (Å²) in [6.07, 6.45) is 26.3. The zero-order chi connectivity index (χ0) is 25.3. The van der Waals surface area contributed by atoms with E-state index in [1.54, 1.807) is 0 Å². The van der Waals surface area contributed by atoms with E-state index in [1.165, 1.54) is 39.7 Å². The summed E-state index contributed by atoms with van der Waals surface area (Å²) in [5.41, 5.74) is 8.61. The zero-order valence-corrected chi connectivity index (χ0v) is 23.2. The van der Waals surface area contributed by atoms with Gasteiger partial charge in [-0.15, -0.1) is 0 Å². The van der Waals surface area contributed by atoms with Gasteiger partial charge in [-0.05, 0) is 125 Å². The average Bonchev–Trinajstić information content (AvgIpc) is 2.77. The van der Waals surface area contributed by atoms with Gasteiger partial charge >= 0.3 is 0 Å². The van der Waals surface area contributed by atoms with Crippen molar-refractivity contribution in [2.45, 2.75) is 119 Å². The van der Waals surface area contributed by atoms with E-state index in [0.717, 1.165) is 77.0 Å². The highest BCUT2D eigenvalue weighted by Crippen LogP contribution is 2.33. The SMILES string of the molecule is C=C(CC/C=C(\C)CCC=C(C)C)CC[C@@H]1C=C(CC/C=C(\C)CCC=C(C)C)C[C@@H](C=O)C1. The minimum absolute atomic E-state index is 0.201. The molecule has 0 spiro atoms. The fraction of sp³-hybridized carbons (Fsp3) is 0.606. The second kappa shape index (κ2) is 17.5. The van der Waals surface area contributed by atoms with Crippen molar-refractivity contribution in [1.82, 2.24) is 0 Å². The zero-order valence-electron chi connectivity index (χ0n) is 23.2. The van der Waals surface area contributed by atoms with Crippen molar-refractivity contribution in [1.29, 1.82) is 0 Å². The first kappa shape index (κ1) is 30.1. The van der Waals surface area contributed by atoms with Crippen LogP contribution in [0.3, 0.4) is 0 Å². The quantitative estimate of drug-likeness (QED) is 0.164. The van der Waals surface area contributed by atoms with E-state index in [-0.39, 0.29) is 5.92 Å². The van der Waals surface area contributed by atoms with Crippen LogP contribution in [-0.2, 0) is 4.79 Å². The highest BCUT2D eigenvalue weighted by Gasteiger charge is 2.21. The molecule has 0 aromatic rings. The van der Waals surface area contributed by atoms with Crippen molar-refractivity contribution >= 4 is 6.29 Å². The first-order valence-corrected chi connectivity index (χ1v) is 13.6. The van der Waals surface area contributed by atoms with Gasteiger partial charge in [0, 0.05) is 5.92 Å². The lowest BCUT2D eigenvalue weighted by atomic mass is 9.79. The molecule has 0 heterocycles. The monoisotopic (exact) mass is 464 g/mol. The molecule has 1 rings (SSSR count). The topological polar surface area (TPSA) is 17.1 Å². The molecule has 1 aliphatic rings. The van der Waals surface area contributed by atoms with Crippen LogP contribution >= 0.6 is 0 Å². The predicted molar refractivity (Wildman–Crippen MR) is 152 cm³/mol. The van der Waals surface area contributed by atoms with E-state index in [9.17, 15) is 4.79 Å². The molecule has 1 nitrogen and oxygen atoms in total. The minimum atomic E-state index is 0.201. The predicted octanol–water partition coefficient (Wildman–Crippen LogP) is 10.4. The van der Waals surface area contributed by atoms with Crippen LogP contribution < -0.4 is 0 Å². The molecule has 0 unspecified atom stereocenters. The number of carbonyl (C=O) groups is 1. The van der Waals surface area contributed by atoms with Crippen LogP contribution in [0.25, 0.3) is 0 Å². The van der Waals surface area contributed by atoms with E-state index in [1.807, 2.05) is 0 Å². The summed E-state index contributed by atoms with van der Waals surface area (Å²) >= 11 is 0. The number of hydrogen-bond donors (Lipinski definition) is 0. The summed E-state index contributed by atoms with van der Waals surface area (Å²) in [5, 5.41) is 0. The van der Waals surface area contributed by atoms with E-state index >= 15 is 0 Å². The van der Waals surface area contributed by atoms with Crippen LogP contribution in [-0.4, -0.2) is 6.29 Å². The summed E-state index contributed by atoms with van der Waals surface area (Å²) in [4.78, 5) is 11.6. The third-order valence-electron chi connectivity index (χ3n) is 6.79. The van der Waals surface area contributed by atoms with Gasteiger partial charge in [-0.1, -0.05) is 70.4 Å². The van der Waals surface area contributed by atoms with Gasteiger partial charge in [0.15, 0.2) is 0 Å². The van der Waals surface area contributed by atoms with Crippen LogP contribution in [0.2, 0.25) is 0 Å². The highest BCUT2D eigenvalue weighted by molar-refractivity contribution is 5.55. The number of aldehydes is 1. The second-order valence-electron chi connectivity index (χ2n) is 11.0. The molecule has 1 heteroatoms. The molecular weight excluding hydrogens is 412 g/mol. The molecule has 0 saturated carbocycles. The Bertz CT molecular complexity index is 775. The molecule has 0 aromatic heterocycles. The van der Waals surface area contributed by atoms with Gasteiger partial charge in [0.05, 0.1) is 0 Å². The Hall–Kier alpha value is -1.89. The molecule has 0 aliphatic heterocycles. The lowest BCUT2D eigenvalue weighted by molar-refractivity contribution is -0.111. The third-order valence-corrected chi connectivity index (χ3v) is 6.79. The minimum Gasteiger partial charge on any atom is -0.303 e. The van der Waals surface area contributed by atoms with Crippen molar-refractivity contribution in [3.63, 3.8) is 0 Å². The van der Waals surface area contributed by atoms with Crippen LogP contribution in [0, 0.1) is 11.8 Å². The first-order valence-electron chi connectivity index (χ1n) is 13.6. The summed E-state index contributed by atoms with van der Waals surface area (Å²) in [5.74, 6) is 0.729. The number of allylic oxidation sites excluding steroid dienone is 11.